The first-order valence-electron chi connectivity index (χ1n) is 12.2. The van der Waals surface area contributed by atoms with Gasteiger partial charge >= 0.3 is 0 Å². The number of Topliss-reactive ketones (excluding diaryl/α,β-unsaturated/α-hetero) is 2. The fourth-order valence-corrected chi connectivity index (χ4v) is 5.07. The van der Waals surface area contributed by atoms with Gasteiger partial charge in [-0.3, -0.25) is 9.59 Å². The Morgan fingerprint density at radius 2 is 1.08 bits per heavy atom. The second-order valence-corrected chi connectivity index (χ2v) is 9.07. The average Bonchev–Trinajstić information content (AvgIpc) is 3.39. The zero-order valence-corrected chi connectivity index (χ0v) is 20.0. The topological polar surface area (TPSA) is 52.6 Å². The molecule has 0 bridgehead atoms. The molecule has 6 rings (SSSR count). The number of benzene rings is 5. The van der Waals surface area contributed by atoms with Crippen LogP contribution in [0.1, 0.15) is 44.2 Å². The van der Waals surface area contributed by atoms with Crippen molar-refractivity contribution >= 4 is 22.3 Å². The third-order valence-electron chi connectivity index (χ3n) is 6.85. The summed E-state index contributed by atoms with van der Waals surface area (Å²) in [5, 5.41) is 1.96. The molecule has 0 saturated carbocycles. The lowest BCUT2D eigenvalue weighted by molar-refractivity contribution is -0.0759. The summed E-state index contributed by atoms with van der Waals surface area (Å²) >= 11 is 0. The van der Waals surface area contributed by atoms with Crippen LogP contribution < -0.4 is 0 Å². The van der Waals surface area contributed by atoms with Gasteiger partial charge in [0.25, 0.3) is 0 Å². The van der Waals surface area contributed by atoms with Crippen molar-refractivity contribution in [1.82, 2.24) is 0 Å². The van der Waals surface area contributed by atoms with E-state index in [1.165, 1.54) is 0 Å². The van der Waals surface area contributed by atoms with E-state index < -0.39 is 29.6 Å². The molecule has 0 N–H and O–H groups in total. The van der Waals surface area contributed by atoms with Crippen LogP contribution in [0.3, 0.4) is 0 Å². The van der Waals surface area contributed by atoms with Gasteiger partial charge in [0, 0.05) is 16.7 Å². The lowest BCUT2D eigenvalue weighted by Crippen LogP contribution is -2.50. The summed E-state index contributed by atoms with van der Waals surface area (Å²) in [6, 6.07) is 40.8. The Bertz CT molecular complexity index is 1510. The average molecular weight is 485 g/mol. The van der Waals surface area contributed by atoms with Gasteiger partial charge < -0.3 is 9.47 Å². The van der Waals surface area contributed by atoms with Crippen molar-refractivity contribution in [2.24, 2.45) is 0 Å². The normalized spacial score (nSPS) is 18.5. The molecule has 0 radical (unpaired) electrons. The van der Waals surface area contributed by atoms with Crippen LogP contribution >= 0.6 is 0 Å². The molecular formula is C33H24O4. The molecule has 37 heavy (non-hydrogen) atoms. The molecule has 0 aliphatic carbocycles. The van der Waals surface area contributed by atoms with Crippen LogP contribution in [0.5, 0.6) is 0 Å². The van der Waals surface area contributed by atoms with Crippen LogP contribution in [0.25, 0.3) is 10.8 Å². The number of ether oxygens (including phenoxy) is 2. The molecule has 2 unspecified atom stereocenters. The van der Waals surface area contributed by atoms with Gasteiger partial charge in [0.05, 0.1) is 0 Å². The van der Waals surface area contributed by atoms with Crippen molar-refractivity contribution in [2.45, 2.75) is 18.0 Å². The molecule has 1 heterocycles. The molecule has 1 aliphatic rings. The summed E-state index contributed by atoms with van der Waals surface area (Å²) in [5.74, 6) is -0.864. The Morgan fingerprint density at radius 1 is 0.568 bits per heavy atom. The van der Waals surface area contributed by atoms with E-state index in [9.17, 15) is 9.59 Å². The molecule has 1 aliphatic heterocycles. The van der Waals surface area contributed by atoms with Crippen LogP contribution in [-0.4, -0.2) is 17.2 Å². The molecule has 5 aromatic carbocycles. The Hall–Kier alpha value is -4.38. The maximum Gasteiger partial charge on any atom is 0.226 e. The molecule has 5 aromatic rings. The fraction of sp³-hybridized carbons (Fsp3) is 0.0909. The zero-order chi connectivity index (χ0) is 25.2. The van der Waals surface area contributed by atoms with Gasteiger partial charge in [0.15, 0.2) is 6.29 Å². The molecule has 180 valence electrons. The Labute approximate surface area is 215 Å². The summed E-state index contributed by atoms with van der Waals surface area (Å²) in [7, 11) is 0. The second kappa shape index (κ2) is 9.58. The monoisotopic (exact) mass is 484 g/mol. The third kappa shape index (κ3) is 3.97. The fourth-order valence-electron chi connectivity index (χ4n) is 5.07. The van der Waals surface area contributed by atoms with E-state index in [1.807, 2.05) is 84.9 Å². The highest BCUT2D eigenvalue weighted by atomic mass is 16.7. The highest BCUT2D eigenvalue weighted by Gasteiger charge is 2.61. The molecule has 0 aromatic heterocycles. The lowest BCUT2D eigenvalue weighted by atomic mass is 9.78. The maximum atomic E-state index is 14.4. The van der Waals surface area contributed by atoms with Gasteiger partial charge in [0.2, 0.25) is 17.2 Å². The van der Waals surface area contributed by atoms with E-state index in [2.05, 4.69) is 0 Å². The van der Waals surface area contributed by atoms with Crippen LogP contribution in [0.15, 0.2) is 133 Å². The van der Waals surface area contributed by atoms with Crippen LogP contribution in [0.4, 0.5) is 0 Å². The van der Waals surface area contributed by atoms with Crippen LogP contribution in [0, 0.1) is 0 Å². The minimum absolute atomic E-state index is 0.384. The molecule has 2 atom stereocenters. The number of carbonyl (C=O) groups excluding carboxylic acids is 2. The molecular weight excluding hydrogens is 460 g/mol. The van der Waals surface area contributed by atoms with Gasteiger partial charge in [-0.2, -0.15) is 0 Å². The number of hydrogen-bond acceptors (Lipinski definition) is 4. The van der Waals surface area contributed by atoms with E-state index in [-0.39, 0.29) is 0 Å². The van der Waals surface area contributed by atoms with E-state index >= 15 is 0 Å². The van der Waals surface area contributed by atoms with Gasteiger partial charge in [-0.25, -0.2) is 0 Å². The quantitative estimate of drug-likeness (QED) is 0.190. The molecule has 0 spiro atoms. The summed E-state index contributed by atoms with van der Waals surface area (Å²) in [5.41, 5.74) is 0.303. The Morgan fingerprint density at radius 3 is 1.70 bits per heavy atom. The van der Waals surface area contributed by atoms with E-state index in [4.69, 9.17) is 9.47 Å². The van der Waals surface area contributed by atoms with Crippen LogP contribution in [0.2, 0.25) is 0 Å². The summed E-state index contributed by atoms with van der Waals surface area (Å²) in [4.78, 5) is 28.8. The molecule has 1 fully saturated rings. The van der Waals surface area contributed by atoms with E-state index in [0.717, 1.165) is 16.3 Å². The van der Waals surface area contributed by atoms with Crippen LogP contribution in [-0.2, 0) is 9.47 Å². The van der Waals surface area contributed by atoms with Crippen molar-refractivity contribution in [2.75, 3.05) is 0 Å². The van der Waals surface area contributed by atoms with Gasteiger partial charge in [-0.15, -0.1) is 0 Å². The number of rotatable bonds is 6. The predicted molar refractivity (Wildman–Crippen MR) is 142 cm³/mol. The minimum atomic E-state index is -1.92. The van der Waals surface area contributed by atoms with Crippen molar-refractivity contribution in [1.29, 1.82) is 0 Å². The summed E-state index contributed by atoms with van der Waals surface area (Å²) < 4.78 is 13.2. The molecule has 4 nitrogen and oxygen atoms in total. The Balaban J connectivity index is 1.58. The highest BCUT2D eigenvalue weighted by Crippen LogP contribution is 2.50. The molecule has 4 heteroatoms. The van der Waals surface area contributed by atoms with Crippen molar-refractivity contribution in [3.05, 3.63) is 156 Å². The van der Waals surface area contributed by atoms with Crippen molar-refractivity contribution in [3.8, 4) is 0 Å². The minimum Gasteiger partial charge on any atom is -0.336 e. The first-order chi connectivity index (χ1) is 18.2. The largest absolute Gasteiger partial charge is 0.336 e. The second-order valence-electron chi connectivity index (χ2n) is 9.07. The van der Waals surface area contributed by atoms with Gasteiger partial charge in [0.1, 0.15) is 6.10 Å². The van der Waals surface area contributed by atoms with E-state index in [1.54, 1.807) is 48.5 Å². The first-order valence-corrected chi connectivity index (χ1v) is 12.2. The third-order valence-corrected chi connectivity index (χ3v) is 6.85. The standard InChI is InChI=1S/C33H24O4/c34-29(24-14-4-1-5-15-24)33(30(35)25-16-6-2-7-17-25)31(26-18-8-3-9-19-26)36-32(37-33)28-22-12-20-23-13-10-11-21-27(23)28/h1-22,31-32H. The molecule has 0 amide bonds. The van der Waals surface area contributed by atoms with Crippen molar-refractivity contribution in [3.63, 3.8) is 0 Å². The highest BCUT2D eigenvalue weighted by molar-refractivity contribution is 6.23. The van der Waals surface area contributed by atoms with Gasteiger partial charge in [-0.05, 0) is 16.3 Å². The smallest absolute Gasteiger partial charge is 0.226 e. The van der Waals surface area contributed by atoms with Crippen molar-refractivity contribution < 1.29 is 19.1 Å². The van der Waals surface area contributed by atoms with Gasteiger partial charge in [-0.1, -0.05) is 133 Å². The molecule has 1 saturated heterocycles. The Kier molecular flexibility index (Phi) is 5.97. The SMILES string of the molecule is O=C(c1ccccc1)C1(C(=O)c2ccccc2)OC(c2cccc3ccccc23)OC1c1ccccc1. The number of carbonyl (C=O) groups is 2. The summed E-state index contributed by atoms with van der Waals surface area (Å²) in [6.45, 7) is 0. The summed E-state index contributed by atoms with van der Waals surface area (Å²) in [6.07, 6.45) is -1.89. The number of hydrogen-bond donors (Lipinski definition) is 0. The zero-order valence-electron chi connectivity index (χ0n) is 20.0. The lowest BCUT2D eigenvalue weighted by Gasteiger charge is -2.30. The maximum absolute atomic E-state index is 14.4. The predicted octanol–water partition coefficient (Wildman–Crippen LogP) is 7.13. The number of ketones is 2. The number of fused-ring (bicyclic) bond motifs is 1. The first kappa shape index (κ1) is 23.0. The van der Waals surface area contributed by atoms with E-state index in [0.29, 0.717) is 16.7 Å².